The molecule has 6 nitrogen and oxygen atoms in total. The second-order valence-corrected chi connectivity index (χ2v) is 7.93. The van der Waals surface area contributed by atoms with Crippen molar-refractivity contribution < 1.29 is 13.2 Å². The fourth-order valence-electron chi connectivity index (χ4n) is 3.07. The first-order valence-corrected chi connectivity index (χ1v) is 8.44. The number of nitrogens with one attached hydrogen (secondary N) is 2. The van der Waals surface area contributed by atoms with Crippen molar-refractivity contribution >= 4 is 15.9 Å². The highest BCUT2D eigenvalue weighted by Crippen LogP contribution is 2.37. The summed E-state index contributed by atoms with van der Waals surface area (Å²) in [4.78, 5) is 12.1. The van der Waals surface area contributed by atoms with E-state index >= 15 is 0 Å². The van der Waals surface area contributed by atoms with Crippen LogP contribution >= 0.6 is 0 Å². The lowest BCUT2D eigenvalue weighted by Gasteiger charge is -2.18. The van der Waals surface area contributed by atoms with Crippen LogP contribution in [0.3, 0.4) is 0 Å². The first-order chi connectivity index (χ1) is 8.92. The van der Waals surface area contributed by atoms with Gasteiger partial charge in [0.25, 0.3) is 0 Å². The van der Waals surface area contributed by atoms with Crippen molar-refractivity contribution in [2.75, 3.05) is 32.9 Å². The van der Waals surface area contributed by atoms with Crippen LogP contribution in [0, 0.1) is 11.8 Å². The van der Waals surface area contributed by atoms with Crippen LogP contribution in [-0.4, -0.2) is 57.6 Å². The molecular weight excluding hydrogens is 266 g/mol. The van der Waals surface area contributed by atoms with Crippen LogP contribution in [0.2, 0.25) is 0 Å². The Morgan fingerprint density at radius 1 is 1.37 bits per heavy atom. The van der Waals surface area contributed by atoms with Crippen molar-refractivity contribution in [3.63, 3.8) is 0 Å². The Hall–Kier alpha value is -0.660. The average molecular weight is 289 g/mol. The number of sulfonamides is 1. The number of hydrogen-bond acceptors (Lipinski definition) is 4. The van der Waals surface area contributed by atoms with E-state index in [0.29, 0.717) is 11.8 Å². The molecule has 7 heteroatoms. The van der Waals surface area contributed by atoms with E-state index in [4.69, 9.17) is 0 Å². The minimum atomic E-state index is -3.24. The summed E-state index contributed by atoms with van der Waals surface area (Å²) in [6, 6.07) is -0.130. The molecule has 2 fully saturated rings. The van der Waals surface area contributed by atoms with E-state index in [1.807, 2.05) is 0 Å². The molecule has 0 aromatic rings. The van der Waals surface area contributed by atoms with Gasteiger partial charge in [-0.2, -0.15) is 0 Å². The summed E-state index contributed by atoms with van der Waals surface area (Å²) in [5.41, 5.74) is 0. The van der Waals surface area contributed by atoms with Crippen LogP contribution < -0.4 is 10.6 Å². The lowest BCUT2D eigenvalue weighted by Crippen LogP contribution is -2.45. The maximum atomic E-state index is 12.1. The van der Waals surface area contributed by atoms with Crippen LogP contribution in [0.15, 0.2) is 0 Å². The monoisotopic (exact) mass is 289 g/mol. The standard InChI is InChI=1S/C12H23N3O3S/c1-15(2)19(17,18)7-6-13-12(16)11-10-5-3-4-9(10)8-14-11/h9-11,14H,3-8H2,1-2H3,(H,13,16). The molecule has 3 unspecified atom stereocenters. The maximum absolute atomic E-state index is 12.1. The summed E-state index contributed by atoms with van der Waals surface area (Å²) in [5, 5.41) is 6.00. The average Bonchev–Trinajstić information content (AvgIpc) is 2.89. The fourth-order valence-corrected chi connectivity index (χ4v) is 3.80. The Balaban J connectivity index is 1.79. The quantitative estimate of drug-likeness (QED) is 0.707. The number of rotatable bonds is 5. The molecule has 0 aromatic heterocycles. The van der Waals surface area contributed by atoms with Crippen LogP contribution in [0.4, 0.5) is 0 Å². The normalized spacial score (nSPS) is 30.6. The van der Waals surface area contributed by atoms with Gasteiger partial charge in [0.05, 0.1) is 11.8 Å². The highest BCUT2D eigenvalue weighted by atomic mass is 32.2. The third-order valence-corrected chi connectivity index (χ3v) is 6.08. The van der Waals surface area contributed by atoms with Gasteiger partial charge in [-0.15, -0.1) is 0 Å². The SMILES string of the molecule is CN(C)S(=O)(=O)CCNC(=O)C1NCC2CCCC21. The van der Waals surface area contributed by atoms with Gasteiger partial charge in [0.1, 0.15) is 0 Å². The smallest absolute Gasteiger partial charge is 0.237 e. The van der Waals surface area contributed by atoms with Crippen molar-refractivity contribution in [3.05, 3.63) is 0 Å². The third-order valence-electron chi connectivity index (χ3n) is 4.24. The Bertz CT molecular complexity index is 436. The second-order valence-electron chi connectivity index (χ2n) is 5.63. The molecule has 1 saturated heterocycles. The lowest BCUT2D eigenvalue weighted by atomic mass is 9.94. The first kappa shape index (κ1) is 14.7. The van der Waals surface area contributed by atoms with Crippen molar-refractivity contribution in [1.82, 2.24) is 14.9 Å². The molecule has 1 aliphatic heterocycles. The lowest BCUT2D eigenvalue weighted by molar-refractivity contribution is -0.123. The number of amides is 1. The van der Waals surface area contributed by atoms with E-state index in [-0.39, 0.29) is 24.2 Å². The minimum Gasteiger partial charge on any atom is -0.354 e. The predicted molar refractivity (Wildman–Crippen MR) is 73.1 cm³/mol. The Labute approximate surface area is 115 Å². The Morgan fingerprint density at radius 3 is 2.79 bits per heavy atom. The molecule has 2 rings (SSSR count). The number of fused-ring (bicyclic) bond motifs is 1. The van der Waals surface area contributed by atoms with Crippen LogP contribution in [-0.2, 0) is 14.8 Å². The van der Waals surface area contributed by atoms with E-state index in [1.165, 1.54) is 31.2 Å². The van der Waals surface area contributed by atoms with E-state index in [9.17, 15) is 13.2 Å². The zero-order valence-electron chi connectivity index (χ0n) is 11.6. The molecule has 1 aliphatic carbocycles. The van der Waals surface area contributed by atoms with Crippen LogP contribution in [0.25, 0.3) is 0 Å². The van der Waals surface area contributed by atoms with Gasteiger partial charge in [0.15, 0.2) is 0 Å². The highest BCUT2D eigenvalue weighted by molar-refractivity contribution is 7.89. The molecule has 2 N–H and O–H groups in total. The number of carbonyl (C=O) groups is 1. The van der Waals surface area contributed by atoms with Gasteiger partial charge in [-0.3, -0.25) is 4.79 Å². The topological polar surface area (TPSA) is 78.5 Å². The third kappa shape index (κ3) is 3.27. The molecule has 0 spiro atoms. The summed E-state index contributed by atoms with van der Waals surface area (Å²) in [5.74, 6) is 0.960. The van der Waals surface area contributed by atoms with Crippen molar-refractivity contribution in [1.29, 1.82) is 0 Å². The van der Waals surface area contributed by atoms with Crippen molar-refractivity contribution in [3.8, 4) is 0 Å². The zero-order valence-corrected chi connectivity index (χ0v) is 12.4. The van der Waals surface area contributed by atoms with Gasteiger partial charge in [0.2, 0.25) is 15.9 Å². The minimum absolute atomic E-state index is 0.0491. The number of hydrogen-bond donors (Lipinski definition) is 2. The summed E-state index contributed by atoms with van der Waals surface area (Å²) in [6.07, 6.45) is 3.51. The Morgan fingerprint density at radius 2 is 2.11 bits per heavy atom. The van der Waals surface area contributed by atoms with E-state index in [0.717, 1.165) is 13.0 Å². The first-order valence-electron chi connectivity index (χ1n) is 6.83. The largest absolute Gasteiger partial charge is 0.354 e. The molecule has 110 valence electrons. The molecule has 3 atom stereocenters. The van der Waals surface area contributed by atoms with Gasteiger partial charge in [0, 0.05) is 20.6 Å². The summed E-state index contributed by atoms with van der Waals surface area (Å²) >= 11 is 0. The summed E-state index contributed by atoms with van der Waals surface area (Å²) in [6.45, 7) is 1.09. The van der Waals surface area contributed by atoms with E-state index in [2.05, 4.69) is 10.6 Å². The van der Waals surface area contributed by atoms with Gasteiger partial charge in [-0.25, -0.2) is 12.7 Å². The number of nitrogens with zero attached hydrogens (tertiary/aromatic N) is 1. The van der Waals surface area contributed by atoms with Gasteiger partial charge in [-0.05, 0) is 31.2 Å². The molecular formula is C12H23N3O3S. The van der Waals surface area contributed by atoms with Gasteiger partial charge >= 0.3 is 0 Å². The fraction of sp³-hybridized carbons (Fsp3) is 0.917. The second kappa shape index (κ2) is 5.76. The molecule has 2 aliphatic rings. The van der Waals surface area contributed by atoms with Crippen LogP contribution in [0.5, 0.6) is 0 Å². The zero-order chi connectivity index (χ0) is 14.0. The summed E-state index contributed by atoms with van der Waals surface area (Å²) < 4.78 is 24.3. The van der Waals surface area contributed by atoms with E-state index < -0.39 is 10.0 Å². The molecule has 0 aromatic carbocycles. The molecule has 0 radical (unpaired) electrons. The maximum Gasteiger partial charge on any atom is 0.237 e. The molecule has 1 saturated carbocycles. The van der Waals surface area contributed by atoms with E-state index in [1.54, 1.807) is 0 Å². The van der Waals surface area contributed by atoms with Crippen LogP contribution in [0.1, 0.15) is 19.3 Å². The number of carbonyl (C=O) groups excluding carboxylic acids is 1. The van der Waals surface area contributed by atoms with Gasteiger partial charge < -0.3 is 10.6 Å². The molecule has 1 heterocycles. The predicted octanol–water partition coefficient (Wildman–Crippen LogP) is -0.618. The van der Waals surface area contributed by atoms with Crippen molar-refractivity contribution in [2.45, 2.75) is 25.3 Å². The summed E-state index contributed by atoms with van der Waals surface area (Å²) in [7, 11) is -0.239. The molecule has 1 amide bonds. The van der Waals surface area contributed by atoms with Gasteiger partial charge in [-0.1, -0.05) is 6.42 Å². The Kier molecular flexibility index (Phi) is 4.47. The van der Waals surface area contributed by atoms with Crippen molar-refractivity contribution in [2.24, 2.45) is 11.8 Å². The molecule has 0 bridgehead atoms. The highest BCUT2D eigenvalue weighted by Gasteiger charge is 2.42. The molecule has 19 heavy (non-hydrogen) atoms.